The third-order valence-electron chi connectivity index (χ3n) is 2.30. The van der Waals surface area contributed by atoms with Gasteiger partial charge in [-0.2, -0.15) is 8.42 Å². The predicted molar refractivity (Wildman–Crippen MR) is 65.0 cm³/mol. The van der Waals surface area contributed by atoms with Crippen LogP contribution in [0.2, 0.25) is 0 Å². The maximum absolute atomic E-state index is 12.1. The van der Waals surface area contributed by atoms with Crippen LogP contribution in [0.25, 0.3) is 0 Å². The first-order chi connectivity index (χ1) is 8.01. The second-order valence-corrected chi connectivity index (χ2v) is 5.39. The van der Waals surface area contributed by atoms with Crippen molar-refractivity contribution in [2.45, 2.75) is 5.03 Å². The molecule has 0 aliphatic rings. The van der Waals surface area contributed by atoms with E-state index in [1.165, 1.54) is 19.3 Å². The van der Waals surface area contributed by atoms with E-state index < -0.39 is 10.0 Å². The highest BCUT2D eigenvalue weighted by molar-refractivity contribution is 7.92. The van der Waals surface area contributed by atoms with Crippen molar-refractivity contribution in [3.63, 3.8) is 0 Å². The SMILES string of the molecule is CN(c1ccc(N)cn1)S(=O)(=O)c1ccc[nH]1. The number of rotatable bonds is 3. The fourth-order valence-corrected chi connectivity index (χ4v) is 2.45. The number of hydrogen-bond acceptors (Lipinski definition) is 4. The molecule has 6 nitrogen and oxygen atoms in total. The van der Waals surface area contributed by atoms with Gasteiger partial charge in [0.1, 0.15) is 5.82 Å². The van der Waals surface area contributed by atoms with Crippen LogP contribution in [0.5, 0.6) is 0 Å². The summed E-state index contributed by atoms with van der Waals surface area (Å²) in [5.41, 5.74) is 5.98. The van der Waals surface area contributed by atoms with E-state index in [-0.39, 0.29) is 5.03 Å². The minimum absolute atomic E-state index is 0.124. The average Bonchev–Trinajstić information content (AvgIpc) is 2.83. The van der Waals surface area contributed by atoms with Crippen molar-refractivity contribution in [1.82, 2.24) is 9.97 Å². The van der Waals surface area contributed by atoms with E-state index in [2.05, 4.69) is 9.97 Å². The van der Waals surface area contributed by atoms with Crippen LogP contribution in [-0.2, 0) is 10.0 Å². The fraction of sp³-hybridized carbons (Fsp3) is 0.100. The molecule has 0 aliphatic heterocycles. The lowest BCUT2D eigenvalue weighted by Gasteiger charge is -2.17. The Kier molecular flexibility index (Phi) is 2.76. The number of pyridine rings is 1. The van der Waals surface area contributed by atoms with Crippen LogP contribution in [0.15, 0.2) is 41.7 Å². The van der Waals surface area contributed by atoms with Gasteiger partial charge in [-0.1, -0.05) is 0 Å². The van der Waals surface area contributed by atoms with Crippen LogP contribution >= 0.6 is 0 Å². The Labute approximate surface area is 99.1 Å². The van der Waals surface area contributed by atoms with Gasteiger partial charge in [0, 0.05) is 13.2 Å². The van der Waals surface area contributed by atoms with Gasteiger partial charge < -0.3 is 10.7 Å². The molecule has 0 spiro atoms. The van der Waals surface area contributed by atoms with E-state index in [9.17, 15) is 8.42 Å². The van der Waals surface area contributed by atoms with Crippen molar-refractivity contribution in [2.75, 3.05) is 17.1 Å². The highest BCUT2D eigenvalue weighted by Gasteiger charge is 2.22. The summed E-state index contributed by atoms with van der Waals surface area (Å²) in [4.78, 5) is 6.62. The average molecular weight is 252 g/mol. The van der Waals surface area contributed by atoms with Crippen molar-refractivity contribution < 1.29 is 8.42 Å². The van der Waals surface area contributed by atoms with Gasteiger partial charge in [0.15, 0.2) is 5.03 Å². The fourth-order valence-electron chi connectivity index (χ4n) is 1.33. The molecule has 3 N–H and O–H groups in total. The second-order valence-electron chi connectivity index (χ2n) is 3.46. The number of H-pyrrole nitrogens is 1. The van der Waals surface area contributed by atoms with Gasteiger partial charge in [0.2, 0.25) is 0 Å². The summed E-state index contributed by atoms with van der Waals surface area (Å²) in [6, 6.07) is 6.26. The molecule has 2 aromatic rings. The molecule has 90 valence electrons. The zero-order valence-electron chi connectivity index (χ0n) is 9.16. The van der Waals surface area contributed by atoms with Gasteiger partial charge in [-0.25, -0.2) is 4.98 Å². The van der Waals surface area contributed by atoms with Crippen LogP contribution in [0, 0.1) is 0 Å². The lowest BCUT2D eigenvalue weighted by Crippen LogP contribution is -2.27. The molecule has 0 unspecified atom stereocenters. The normalized spacial score (nSPS) is 11.4. The molecule has 2 aromatic heterocycles. The minimum atomic E-state index is -3.59. The number of nitrogens with zero attached hydrogens (tertiary/aromatic N) is 2. The van der Waals surface area contributed by atoms with Crippen molar-refractivity contribution in [3.8, 4) is 0 Å². The third kappa shape index (κ3) is 2.09. The molecule has 7 heteroatoms. The van der Waals surface area contributed by atoms with Crippen LogP contribution in [-0.4, -0.2) is 25.4 Å². The van der Waals surface area contributed by atoms with Gasteiger partial charge >= 0.3 is 0 Å². The second kappa shape index (κ2) is 4.10. The van der Waals surface area contributed by atoms with Gasteiger partial charge in [-0.05, 0) is 24.3 Å². The van der Waals surface area contributed by atoms with Crippen molar-refractivity contribution in [2.24, 2.45) is 0 Å². The first-order valence-corrected chi connectivity index (χ1v) is 6.29. The Hall–Kier alpha value is -2.02. The summed E-state index contributed by atoms with van der Waals surface area (Å²) in [5.74, 6) is 0.314. The molecule has 2 heterocycles. The smallest absolute Gasteiger partial charge is 0.280 e. The number of nitrogens with one attached hydrogen (secondary N) is 1. The number of sulfonamides is 1. The quantitative estimate of drug-likeness (QED) is 0.845. The van der Waals surface area contributed by atoms with Crippen LogP contribution in [0.4, 0.5) is 11.5 Å². The summed E-state index contributed by atoms with van der Waals surface area (Å²) in [7, 11) is -2.15. The Balaban J connectivity index is 2.38. The summed E-state index contributed by atoms with van der Waals surface area (Å²) < 4.78 is 25.3. The number of nitrogen functional groups attached to an aromatic ring is 1. The highest BCUT2D eigenvalue weighted by Crippen LogP contribution is 2.19. The predicted octanol–water partition coefficient (Wildman–Crippen LogP) is 0.817. The van der Waals surface area contributed by atoms with E-state index in [0.717, 1.165) is 4.31 Å². The Bertz CT molecular complexity index is 590. The van der Waals surface area contributed by atoms with Crippen molar-refractivity contribution in [1.29, 1.82) is 0 Å². The number of anilines is 2. The van der Waals surface area contributed by atoms with Crippen molar-refractivity contribution >= 4 is 21.5 Å². The van der Waals surface area contributed by atoms with Gasteiger partial charge in [0.05, 0.1) is 11.9 Å². The van der Waals surface area contributed by atoms with Crippen LogP contribution < -0.4 is 10.0 Å². The molecule has 2 rings (SSSR count). The Morgan fingerprint density at radius 3 is 2.65 bits per heavy atom. The summed E-state index contributed by atoms with van der Waals surface area (Å²) >= 11 is 0. The zero-order valence-corrected chi connectivity index (χ0v) is 9.98. The molecule has 0 saturated heterocycles. The molecule has 17 heavy (non-hydrogen) atoms. The zero-order chi connectivity index (χ0) is 12.5. The topological polar surface area (TPSA) is 92.1 Å². The molecule has 0 aliphatic carbocycles. The van der Waals surface area contributed by atoms with E-state index in [0.29, 0.717) is 11.5 Å². The molecule has 0 fully saturated rings. The molecule has 0 amide bonds. The highest BCUT2D eigenvalue weighted by atomic mass is 32.2. The summed E-state index contributed by atoms with van der Waals surface area (Å²) in [6.45, 7) is 0. The van der Waals surface area contributed by atoms with E-state index >= 15 is 0 Å². The van der Waals surface area contributed by atoms with Gasteiger partial charge in [0.25, 0.3) is 10.0 Å². The first-order valence-electron chi connectivity index (χ1n) is 4.85. The number of aromatic nitrogens is 2. The molecule has 0 saturated carbocycles. The molecule has 0 radical (unpaired) electrons. The monoisotopic (exact) mass is 252 g/mol. The summed E-state index contributed by atoms with van der Waals surface area (Å²) in [6.07, 6.45) is 2.97. The van der Waals surface area contributed by atoms with E-state index in [1.807, 2.05) is 0 Å². The lowest BCUT2D eigenvalue weighted by molar-refractivity contribution is 0.591. The number of hydrogen-bond donors (Lipinski definition) is 2. The lowest BCUT2D eigenvalue weighted by atomic mass is 10.4. The molecule has 0 bridgehead atoms. The molecule has 0 aromatic carbocycles. The van der Waals surface area contributed by atoms with Gasteiger partial charge in [-0.15, -0.1) is 0 Å². The molecular formula is C10H12N4O2S. The van der Waals surface area contributed by atoms with Crippen LogP contribution in [0.1, 0.15) is 0 Å². The van der Waals surface area contributed by atoms with E-state index in [1.54, 1.807) is 24.4 Å². The van der Waals surface area contributed by atoms with Crippen LogP contribution in [0.3, 0.4) is 0 Å². The Morgan fingerprint density at radius 2 is 2.12 bits per heavy atom. The minimum Gasteiger partial charge on any atom is -0.397 e. The largest absolute Gasteiger partial charge is 0.397 e. The first kappa shape index (κ1) is 11.5. The third-order valence-corrected chi connectivity index (χ3v) is 4.02. The summed E-state index contributed by atoms with van der Waals surface area (Å²) in [5, 5.41) is 0.124. The maximum Gasteiger partial charge on any atom is 0.280 e. The molecule has 0 atom stereocenters. The number of aromatic amines is 1. The number of nitrogens with two attached hydrogens (primary N) is 1. The Morgan fingerprint density at radius 1 is 1.35 bits per heavy atom. The van der Waals surface area contributed by atoms with E-state index in [4.69, 9.17) is 5.73 Å². The standard InChI is InChI=1S/C10H12N4O2S/c1-14(9-5-4-8(11)7-13-9)17(15,16)10-3-2-6-12-10/h2-7,12H,11H2,1H3. The molecular weight excluding hydrogens is 240 g/mol. The van der Waals surface area contributed by atoms with Crippen molar-refractivity contribution in [3.05, 3.63) is 36.7 Å². The maximum atomic E-state index is 12.1. The van der Waals surface area contributed by atoms with Gasteiger partial charge in [-0.3, -0.25) is 4.31 Å².